The van der Waals surface area contributed by atoms with E-state index in [0.717, 1.165) is 20.0 Å². The van der Waals surface area contributed by atoms with Crippen LogP contribution in [0, 0.1) is 0 Å². The van der Waals surface area contributed by atoms with E-state index in [0.29, 0.717) is 18.0 Å². The van der Waals surface area contributed by atoms with Crippen molar-refractivity contribution in [3.8, 4) is 11.5 Å². The lowest BCUT2D eigenvalue weighted by molar-refractivity contribution is -0.120. The van der Waals surface area contributed by atoms with E-state index >= 15 is 0 Å². The third-order valence-corrected chi connectivity index (χ3v) is 6.34. The summed E-state index contributed by atoms with van der Waals surface area (Å²) in [5, 5.41) is 10.9. The first-order valence-electron chi connectivity index (χ1n) is 7.69. The van der Waals surface area contributed by atoms with Gasteiger partial charge in [0.2, 0.25) is 5.91 Å². The van der Waals surface area contributed by atoms with Crippen LogP contribution in [0.2, 0.25) is 0 Å². The van der Waals surface area contributed by atoms with Gasteiger partial charge in [0.25, 0.3) is 0 Å². The maximum atomic E-state index is 12.3. The van der Waals surface area contributed by atoms with Gasteiger partial charge in [-0.3, -0.25) is 4.79 Å². The monoisotopic (exact) mass is 399 g/mol. The summed E-state index contributed by atoms with van der Waals surface area (Å²) >= 11 is 4.60. The van der Waals surface area contributed by atoms with Gasteiger partial charge in [-0.1, -0.05) is 47.9 Å². The lowest BCUT2D eigenvalue weighted by Crippen LogP contribution is -2.30. The van der Waals surface area contributed by atoms with Crippen LogP contribution in [0.5, 0.6) is 11.5 Å². The predicted molar refractivity (Wildman–Crippen MR) is 103 cm³/mol. The molecule has 0 bridgehead atoms. The molecule has 2 rings (SSSR count). The summed E-state index contributed by atoms with van der Waals surface area (Å²) < 4.78 is 12.2. The molecule has 136 valence electrons. The summed E-state index contributed by atoms with van der Waals surface area (Å²) in [7, 11) is 3.18. The molecule has 1 amide bonds. The van der Waals surface area contributed by atoms with Gasteiger partial charge >= 0.3 is 0 Å². The molecule has 0 aliphatic heterocycles. The number of carbonyl (C=O) groups excluding carboxylic acids is 1. The maximum Gasteiger partial charge on any atom is 0.233 e. The molecule has 1 aromatic heterocycles. The van der Waals surface area contributed by atoms with Crippen molar-refractivity contribution in [3.63, 3.8) is 0 Å². The van der Waals surface area contributed by atoms with E-state index in [2.05, 4.69) is 22.4 Å². The summed E-state index contributed by atoms with van der Waals surface area (Å²) in [4.78, 5) is 12.3. The normalized spacial score (nSPS) is 11.8. The number of amides is 1. The molecule has 0 saturated carbocycles. The van der Waals surface area contributed by atoms with Gasteiger partial charge in [-0.05, 0) is 30.4 Å². The number of hydrogen-bond donors (Lipinski definition) is 1. The molecule has 25 heavy (non-hydrogen) atoms. The second-order valence-electron chi connectivity index (χ2n) is 4.93. The first-order chi connectivity index (χ1) is 12.1. The minimum Gasteiger partial charge on any atom is -0.493 e. The lowest BCUT2D eigenvalue weighted by atomic mass is 10.2. The third-order valence-electron chi connectivity index (χ3n) is 3.22. The zero-order valence-electron chi connectivity index (χ0n) is 14.6. The molecule has 0 radical (unpaired) electrons. The molecule has 0 aliphatic carbocycles. The quantitative estimate of drug-likeness (QED) is 0.647. The maximum absolute atomic E-state index is 12.3. The Balaban J connectivity index is 1.88. The van der Waals surface area contributed by atoms with E-state index in [-0.39, 0.29) is 11.2 Å². The van der Waals surface area contributed by atoms with Crippen LogP contribution < -0.4 is 14.8 Å². The largest absolute Gasteiger partial charge is 0.493 e. The molecule has 1 heterocycles. The lowest BCUT2D eigenvalue weighted by Gasteiger charge is -2.12. The van der Waals surface area contributed by atoms with E-state index < -0.39 is 0 Å². The Morgan fingerprint density at radius 1 is 1.24 bits per heavy atom. The average molecular weight is 400 g/mol. The highest BCUT2D eigenvalue weighted by atomic mass is 32.2. The molecule has 1 atom stereocenters. The van der Waals surface area contributed by atoms with Gasteiger partial charge in [0.1, 0.15) is 0 Å². The molecule has 1 N–H and O–H groups in total. The van der Waals surface area contributed by atoms with Crippen LogP contribution in [0.25, 0.3) is 0 Å². The van der Waals surface area contributed by atoms with Crippen LogP contribution >= 0.6 is 34.9 Å². The second-order valence-corrected chi connectivity index (χ2v) is 9.01. The molecule has 9 heteroatoms. The molecular formula is C16H21N3O3S3. The fourth-order valence-electron chi connectivity index (χ4n) is 1.95. The van der Waals surface area contributed by atoms with Crippen LogP contribution in [-0.2, 0) is 11.3 Å². The van der Waals surface area contributed by atoms with E-state index in [1.165, 1.54) is 23.1 Å². The zero-order valence-corrected chi connectivity index (χ0v) is 17.0. The van der Waals surface area contributed by atoms with Gasteiger partial charge in [-0.15, -0.1) is 10.2 Å². The summed E-state index contributed by atoms with van der Waals surface area (Å²) in [5.41, 5.74) is 0.945. The topological polar surface area (TPSA) is 73.3 Å². The van der Waals surface area contributed by atoms with Crippen molar-refractivity contribution < 1.29 is 14.3 Å². The highest BCUT2D eigenvalue weighted by molar-refractivity contribution is 8.03. The third kappa shape index (κ3) is 5.79. The number of hydrogen-bond acceptors (Lipinski definition) is 8. The van der Waals surface area contributed by atoms with E-state index in [1.807, 2.05) is 25.1 Å². The highest BCUT2D eigenvalue weighted by Gasteiger charge is 2.17. The van der Waals surface area contributed by atoms with Gasteiger partial charge in [0, 0.05) is 6.54 Å². The van der Waals surface area contributed by atoms with Crippen molar-refractivity contribution >= 4 is 40.8 Å². The molecule has 1 aromatic carbocycles. The fourth-order valence-corrected chi connectivity index (χ4v) is 5.04. The Morgan fingerprint density at radius 3 is 2.64 bits per heavy atom. The number of rotatable bonds is 9. The minimum atomic E-state index is -0.243. The Kier molecular flexibility index (Phi) is 7.86. The highest BCUT2D eigenvalue weighted by Crippen LogP contribution is 2.31. The Morgan fingerprint density at radius 2 is 1.96 bits per heavy atom. The fraction of sp³-hybridized carbons (Fsp3) is 0.438. The second kappa shape index (κ2) is 9.88. The Bertz CT molecular complexity index is 709. The number of nitrogens with zero attached hydrogens (tertiary/aromatic N) is 2. The number of nitrogens with one attached hydrogen (secondary N) is 1. The van der Waals surface area contributed by atoms with Crippen molar-refractivity contribution in [1.82, 2.24) is 15.5 Å². The molecule has 2 aromatic rings. The molecule has 0 spiro atoms. The van der Waals surface area contributed by atoms with Gasteiger partial charge < -0.3 is 14.8 Å². The Hall–Kier alpha value is -1.45. The first kappa shape index (κ1) is 19.9. The van der Waals surface area contributed by atoms with E-state index in [1.54, 1.807) is 26.0 Å². The number of aromatic nitrogens is 2. The molecular weight excluding hydrogens is 378 g/mol. The van der Waals surface area contributed by atoms with Crippen LogP contribution in [0.1, 0.15) is 19.4 Å². The van der Waals surface area contributed by atoms with E-state index in [4.69, 9.17) is 9.47 Å². The summed E-state index contributed by atoms with van der Waals surface area (Å²) in [6.07, 6.45) is 0. The smallest absolute Gasteiger partial charge is 0.233 e. The zero-order chi connectivity index (χ0) is 18.2. The van der Waals surface area contributed by atoms with Crippen molar-refractivity contribution in [1.29, 1.82) is 0 Å². The molecule has 0 unspecified atom stereocenters. The number of thioether (sulfide) groups is 2. The SMILES string of the molecule is CCSc1nnc(S[C@H](C)C(=O)NCc2ccc(OC)c(OC)c2)s1. The Labute approximate surface area is 160 Å². The van der Waals surface area contributed by atoms with E-state index in [9.17, 15) is 4.79 Å². The number of carbonyl (C=O) groups is 1. The molecule has 0 fully saturated rings. The predicted octanol–water partition coefficient (Wildman–Crippen LogP) is 3.46. The summed E-state index contributed by atoms with van der Waals surface area (Å²) in [5.74, 6) is 2.23. The number of methoxy groups -OCH3 is 2. The van der Waals surface area contributed by atoms with Crippen LogP contribution in [0.4, 0.5) is 0 Å². The molecule has 6 nitrogen and oxygen atoms in total. The van der Waals surface area contributed by atoms with Gasteiger partial charge in [0.05, 0.1) is 19.5 Å². The summed E-state index contributed by atoms with van der Waals surface area (Å²) in [6.45, 7) is 4.36. The van der Waals surface area contributed by atoms with Gasteiger partial charge in [-0.25, -0.2) is 0 Å². The van der Waals surface area contributed by atoms with Gasteiger partial charge in [-0.2, -0.15) is 0 Å². The minimum absolute atomic E-state index is 0.0420. The van der Waals surface area contributed by atoms with Crippen LogP contribution in [0.15, 0.2) is 26.9 Å². The van der Waals surface area contributed by atoms with Crippen LogP contribution in [-0.4, -0.2) is 41.3 Å². The standard InChI is InChI=1S/C16H21N3O3S3/c1-5-23-15-18-19-16(25-15)24-10(2)14(20)17-9-11-6-7-12(21-3)13(8-11)22-4/h6-8,10H,5,9H2,1-4H3,(H,17,20)/t10-/m1/s1. The summed E-state index contributed by atoms with van der Waals surface area (Å²) in [6, 6.07) is 5.58. The number of benzene rings is 1. The van der Waals surface area contributed by atoms with Gasteiger partial charge in [0.15, 0.2) is 20.2 Å². The van der Waals surface area contributed by atoms with Crippen molar-refractivity contribution in [2.24, 2.45) is 0 Å². The molecule has 0 aliphatic rings. The average Bonchev–Trinajstić information content (AvgIpc) is 3.06. The van der Waals surface area contributed by atoms with Crippen LogP contribution in [0.3, 0.4) is 0 Å². The molecule has 0 saturated heterocycles. The van der Waals surface area contributed by atoms with Crippen molar-refractivity contribution in [2.45, 2.75) is 34.3 Å². The first-order valence-corrected chi connectivity index (χ1v) is 10.4. The number of ether oxygens (including phenoxy) is 2. The van der Waals surface area contributed by atoms with Crippen molar-refractivity contribution in [3.05, 3.63) is 23.8 Å². The van der Waals surface area contributed by atoms with Crippen molar-refractivity contribution in [2.75, 3.05) is 20.0 Å².